The van der Waals surface area contributed by atoms with Crippen LogP contribution in [0.4, 0.5) is 0 Å². The Labute approximate surface area is 118 Å². The molecule has 2 aliphatic rings. The van der Waals surface area contributed by atoms with Crippen LogP contribution in [0.25, 0.3) is 0 Å². The zero-order chi connectivity index (χ0) is 13.7. The van der Waals surface area contributed by atoms with Gasteiger partial charge in [-0.25, -0.2) is 0 Å². The number of hydrogen-bond acceptors (Lipinski definition) is 3. The average molecular weight is 268 g/mol. The van der Waals surface area contributed by atoms with Crippen molar-refractivity contribution in [2.75, 3.05) is 19.6 Å². The minimum atomic E-state index is -0.147. The van der Waals surface area contributed by atoms with Crippen molar-refractivity contribution < 1.29 is 5.11 Å². The monoisotopic (exact) mass is 268 g/mol. The van der Waals surface area contributed by atoms with Gasteiger partial charge in [-0.2, -0.15) is 0 Å². The van der Waals surface area contributed by atoms with Gasteiger partial charge in [0, 0.05) is 12.1 Å². The van der Waals surface area contributed by atoms with Crippen LogP contribution in [0.5, 0.6) is 0 Å². The van der Waals surface area contributed by atoms with Gasteiger partial charge in [-0.1, -0.05) is 26.7 Å². The normalized spacial score (nSPS) is 25.3. The highest BCUT2D eigenvalue weighted by atomic mass is 16.3. The molecule has 0 bridgehead atoms. The van der Waals surface area contributed by atoms with E-state index in [0.717, 1.165) is 19.0 Å². The topological polar surface area (TPSA) is 35.5 Å². The van der Waals surface area contributed by atoms with Crippen LogP contribution >= 0.6 is 0 Å². The van der Waals surface area contributed by atoms with Gasteiger partial charge in [0.25, 0.3) is 0 Å². The summed E-state index contributed by atoms with van der Waals surface area (Å²) in [5.41, 5.74) is 0. The van der Waals surface area contributed by atoms with E-state index in [1.54, 1.807) is 0 Å². The quantitative estimate of drug-likeness (QED) is 0.776. The Morgan fingerprint density at radius 1 is 1.11 bits per heavy atom. The van der Waals surface area contributed by atoms with E-state index in [9.17, 15) is 5.11 Å². The van der Waals surface area contributed by atoms with Crippen molar-refractivity contribution in [3.8, 4) is 0 Å². The highest BCUT2D eigenvalue weighted by molar-refractivity contribution is 4.84. The van der Waals surface area contributed by atoms with Crippen molar-refractivity contribution in [3.63, 3.8) is 0 Å². The van der Waals surface area contributed by atoms with E-state index in [0.29, 0.717) is 12.0 Å². The summed E-state index contributed by atoms with van der Waals surface area (Å²) in [5.74, 6) is 0.381. The van der Waals surface area contributed by atoms with Crippen LogP contribution in [-0.2, 0) is 0 Å². The third-order valence-corrected chi connectivity index (χ3v) is 5.01. The van der Waals surface area contributed by atoms with E-state index in [4.69, 9.17) is 0 Å². The molecule has 0 amide bonds. The lowest BCUT2D eigenvalue weighted by Gasteiger charge is -2.36. The Bertz CT molecular complexity index is 240. The van der Waals surface area contributed by atoms with E-state index in [1.807, 2.05) is 0 Å². The molecule has 1 saturated heterocycles. The predicted octanol–water partition coefficient (Wildman–Crippen LogP) is 2.39. The van der Waals surface area contributed by atoms with Gasteiger partial charge in [-0.3, -0.25) is 0 Å². The van der Waals surface area contributed by atoms with Crippen LogP contribution < -0.4 is 5.32 Å². The lowest BCUT2D eigenvalue weighted by molar-refractivity contribution is 0.110. The summed E-state index contributed by atoms with van der Waals surface area (Å²) in [6, 6.07) is 1.57. The number of aliphatic hydroxyl groups is 1. The molecule has 1 heterocycles. The molecule has 19 heavy (non-hydrogen) atoms. The summed E-state index contributed by atoms with van der Waals surface area (Å²) in [7, 11) is 0. The van der Waals surface area contributed by atoms with E-state index >= 15 is 0 Å². The van der Waals surface area contributed by atoms with Gasteiger partial charge in [0.05, 0.1) is 6.10 Å². The molecule has 2 N–H and O–H groups in total. The number of nitrogens with one attached hydrogen (secondary N) is 1. The molecule has 3 heteroatoms. The maximum atomic E-state index is 9.79. The smallest absolute Gasteiger partial charge is 0.0575 e. The SMILES string of the molecule is CC(C)C(O)CCNC1CCN(C2CCCC2)CC1. The summed E-state index contributed by atoms with van der Waals surface area (Å²) in [4.78, 5) is 2.72. The van der Waals surface area contributed by atoms with Gasteiger partial charge in [-0.15, -0.1) is 0 Å². The molecule has 1 unspecified atom stereocenters. The average Bonchev–Trinajstić information content (AvgIpc) is 2.93. The zero-order valence-corrected chi connectivity index (χ0v) is 12.8. The second-order valence-corrected chi connectivity index (χ2v) is 6.80. The molecule has 2 rings (SSSR count). The Morgan fingerprint density at radius 3 is 2.32 bits per heavy atom. The first-order valence-electron chi connectivity index (χ1n) is 8.32. The first-order valence-corrected chi connectivity index (χ1v) is 8.32. The number of piperidine rings is 1. The first-order chi connectivity index (χ1) is 9.16. The van der Waals surface area contributed by atoms with E-state index in [2.05, 4.69) is 24.1 Å². The summed E-state index contributed by atoms with van der Waals surface area (Å²) in [6.07, 6.45) is 9.05. The molecule has 0 aromatic heterocycles. The first kappa shape index (κ1) is 15.3. The predicted molar refractivity (Wildman–Crippen MR) is 80.3 cm³/mol. The van der Waals surface area contributed by atoms with E-state index in [1.165, 1.54) is 51.6 Å². The molecule has 1 atom stereocenters. The maximum Gasteiger partial charge on any atom is 0.0575 e. The maximum absolute atomic E-state index is 9.79. The van der Waals surface area contributed by atoms with Crippen molar-refractivity contribution >= 4 is 0 Å². The molecule has 3 nitrogen and oxygen atoms in total. The number of rotatable bonds is 6. The molecule has 0 radical (unpaired) electrons. The Kier molecular flexibility index (Phi) is 6.11. The fraction of sp³-hybridized carbons (Fsp3) is 1.00. The van der Waals surface area contributed by atoms with Crippen LogP contribution in [0.3, 0.4) is 0 Å². The molecule has 0 aromatic rings. The largest absolute Gasteiger partial charge is 0.393 e. The number of hydrogen-bond donors (Lipinski definition) is 2. The van der Waals surface area contributed by atoms with Crippen LogP contribution in [0.15, 0.2) is 0 Å². The van der Waals surface area contributed by atoms with Gasteiger partial charge in [0.2, 0.25) is 0 Å². The summed E-state index contributed by atoms with van der Waals surface area (Å²) in [5, 5.41) is 13.4. The third kappa shape index (κ3) is 4.73. The summed E-state index contributed by atoms with van der Waals surface area (Å²) < 4.78 is 0. The molecular weight excluding hydrogens is 236 g/mol. The van der Waals surface area contributed by atoms with Crippen molar-refractivity contribution in [3.05, 3.63) is 0 Å². The van der Waals surface area contributed by atoms with Crippen LogP contribution in [0.2, 0.25) is 0 Å². The van der Waals surface area contributed by atoms with Crippen molar-refractivity contribution in [1.29, 1.82) is 0 Å². The van der Waals surface area contributed by atoms with E-state index < -0.39 is 0 Å². The fourth-order valence-corrected chi connectivity index (χ4v) is 3.51. The van der Waals surface area contributed by atoms with Crippen LogP contribution in [0, 0.1) is 5.92 Å². The van der Waals surface area contributed by atoms with Gasteiger partial charge in [0.15, 0.2) is 0 Å². The standard InChI is InChI=1S/C16H32N2O/c1-13(2)16(19)7-10-17-14-8-11-18(12-9-14)15-5-3-4-6-15/h13-17,19H,3-12H2,1-2H3. The Balaban J connectivity index is 1.58. The lowest BCUT2D eigenvalue weighted by Crippen LogP contribution is -2.46. The lowest BCUT2D eigenvalue weighted by atomic mass is 10.0. The Morgan fingerprint density at radius 2 is 1.74 bits per heavy atom. The molecule has 1 saturated carbocycles. The molecule has 0 spiro atoms. The van der Waals surface area contributed by atoms with Crippen molar-refractivity contribution in [1.82, 2.24) is 10.2 Å². The molecule has 1 aliphatic carbocycles. The van der Waals surface area contributed by atoms with Crippen LogP contribution in [0.1, 0.15) is 58.8 Å². The second kappa shape index (κ2) is 7.61. The van der Waals surface area contributed by atoms with Gasteiger partial charge >= 0.3 is 0 Å². The van der Waals surface area contributed by atoms with E-state index in [-0.39, 0.29) is 6.10 Å². The molecular formula is C16H32N2O. The van der Waals surface area contributed by atoms with Gasteiger partial charge < -0.3 is 15.3 Å². The van der Waals surface area contributed by atoms with Gasteiger partial charge in [-0.05, 0) is 57.7 Å². The third-order valence-electron chi connectivity index (χ3n) is 5.01. The highest BCUT2D eigenvalue weighted by Crippen LogP contribution is 2.26. The highest BCUT2D eigenvalue weighted by Gasteiger charge is 2.26. The summed E-state index contributed by atoms with van der Waals surface area (Å²) >= 11 is 0. The van der Waals surface area contributed by atoms with Gasteiger partial charge in [0.1, 0.15) is 0 Å². The summed E-state index contributed by atoms with van der Waals surface area (Å²) in [6.45, 7) is 7.69. The second-order valence-electron chi connectivity index (χ2n) is 6.80. The Hall–Kier alpha value is -0.120. The number of likely N-dealkylation sites (tertiary alicyclic amines) is 1. The zero-order valence-electron chi connectivity index (χ0n) is 12.8. The number of nitrogens with zero attached hydrogens (tertiary/aromatic N) is 1. The number of aliphatic hydroxyl groups excluding tert-OH is 1. The molecule has 1 aliphatic heterocycles. The van der Waals surface area contributed by atoms with Crippen LogP contribution in [-0.4, -0.2) is 47.8 Å². The molecule has 0 aromatic carbocycles. The minimum absolute atomic E-state index is 0.147. The molecule has 112 valence electrons. The van der Waals surface area contributed by atoms with Crippen molar-refractivity contribution in [2.24, 2.45) is 5.92 Å². The molecule has 2 fully saturated rings. The van der Waals surface area contributed by atoms with Crippen molar-refractivity contribution in [2.45, 2.75) is 77.0 Å². The minimum Gasteiger partial charge on any atom is -0.393 e. The fourth-order valence-electron chi connectivity index (χ4n) is 3.51.